The first-order valence-electron chi connectivity index (χ1n) is 8.06. The van der Waals surface area contributed by atoms with E-state index in [-0.39, 0.29) is 11.4 Å². The summed E-state index contributed by atoms with van der Waals surface area (Å²) >= 11 is 5.85. The van der Waals surface area contributed by atoms with Crippen LogP contribution in [-0.2, 0) is 9.53 Å². The van der Waals surface area contributed by atoms with Crippen LogP contribution in [0.25, 0.3) is 0 Å². The Labute approximate surface area is 160 Å². The summed E-state index contributed by atoms with van der Waals surface area (Å²) in [5.41, 5.74) is 6.76. The number of rotatable bonds is 6. The van der Waals surface area contributed by atoms with Crippen LogP contribution < -0.4 is 10.9 Å². The number of aliphatic hydroxyl groups is 2. The Morgan fingerprint density at radius 3 is 2.33 bits per heavy atom. The summed E-state index contributed by atoms with van der Waals surface area (Å²) in [6.07, 6.45) is -2.47. The van der Waals surface area contributed by atoms with Crippen LogP contribution in [0.2, 0.25) is 5.02 Å². The van der Waals surface area contributed by atoms with E-state index in [4.69, 9.17) is 16.3 Å². The molecule has 2 atom stereocenters. The number of cyclic esters (lactones) is 1. The van der Waals surface area contributed by atoms with Crippen LogP contribution in [0.4, 0.5) is 11.4 Å². The third-order valence-corrected chi connectivity index (χ3v) is 3.95. The molecule has 27 heavy (non-hydrogen) atoms. The summed E-state index contributed by atoms with van der Waals surface area (Å²) in [6, 6.07) is 15.7. The fourth-order valence-electron chi connectivity index (χ4n) is 2.32. The second-order valence-electron chi connectivity index (χ2n) is 5.63. The SMILES string of the molecule is O=C1OC(C(O)CO)C(=N\Nc2ccc(Cl)cc2)/C1=N\Nc1ccccc1. The first kappa shape index (κ1) is 18.8. The van der Waals surface area contributed by atoms with Gasteiger partial charge in [0.25, 0.3) is 0 Å². The Hall–Kier alpha value is -2.94. The number of halogens is 1. The molecule has 1 aliphatic heterocycles. The van der Waals surface area contributed by atoms with Crippen LogP contribution in [-0.4, -0.2) is 46.4 Å². The molecule has 8 nitrogen and oxygen atoms in total. The molecule has 4 N–H and O–H groups in total. The normalized spacial score (nSPS) is 20.6. The first-order chi connectivity index (χ1) is 13.1. The minimum atomic E-state index is -1.33. The number of carbonyl (C=O) groups is 1. The quantitative estimate of drug-likeness (QED) is 0.443. The molecule has 3 rings (SSSR count). The van der Waals surface area contributed by atoms with E-state index in [1.807, 2.05) is 18.2 Å². The van der Waals surface area contributed by atoms with E-state index in [0.717, 1.165) is 0 Å². The van der Waals surface area contributed by atoms with Crippen molar-refractivity contribution in [2.75, 3.05) is 17.5 Å². The Balaban J connectivity index is 1.87. The van der Waals surface area contributed by atoms with Gasteiger partial charge in [-0.1, -0.05) is 29.8 Å². The van der Waals surface area contributed by atoms with Crippen LogP contribution in [0.5, 0.6) is 0 Å². The van der Waals surface area contributed by atoms with Crippen molar-refractivity contribution in [3.05, 3.63) is 59.6 Å². The monoisotopic (exact) mass is 388 g/mol. The Bertz CT molecular complexity index is 855. The van der Waals surface area contributed by atoms with E-state index in [1.165, 1.54) is 0 Å². The number of hydrogen-bond donors (Lipinski definition) is 4. The number of hydrazone groups is 2. The molecule has 1 saturated heterocycles. The summed E-state index contributed by atoms with van der Waals surface area (Å²) in [6.45, 7) is -0.600. The van der Waals surface area contributed by atoms with E-state index < -0.39 is 24.8 Å². The van der Waals surface area contributed by atoms with Gasteiger partial charge in [-0.3, -0.25) is 10.9 Å². The molecule has 0 saturated carbocycles. The smallest absolute Gasteiger partial charge is 0.361 e. The van der Waals surface area contributed by atoms with Gasteiger partial charge >= 0.3 is 5.97 Å². The largest absolute Gasteiger partial charge is 0.448 e. The van der Waals surface area contributed by atoms with Gasteiger partial charge in [-0.25, -0.2) is 4.79 Å². The van der Waals surface area contributed by atoms with E-state index >= 15 is 0 Å². The molecular weight excluding hydrogens is 372 g/mol. The van der Waals surface area contributed by atoms with E-state index in [9.17, 15) is 15.0 Å². The molecule has 1 aliphatic rings. The van der Waals surface area contributed by atoms with Crippen molar-refractivity contribution in [1.29, 1.82) is 0 Å². The van der Waals surface area contributed by atoms with Crippen molar-refractivity contribution in [2.24, 2.45) is 10.2 Å². The average molecular weight is 389 g/mol. The maximum Gasteiger partial charge on any atom is 0.361 e. The standard InChI is InChI=1S/C18H17ClN4O4/c19-11-6-8-13(9-7-11)21-22-15-16(18(26)27-17(15)14(25)10-24)23-20-12-4-2-1-3-5-12/h1-9,14,17,20-21,24-25H,10H2/b22-15-,23-16+. The number of nitrogens with one attached hydrogen (secondary N) is 2. The zero-order valence-electron chi connectivity index (χ0n) is 14.0. The third-order valence-electron chi connectivity index (χ3n) is 3.70. The lowest BCUT2D eigenvalue weighted by Gasteiger charge is -2.14. The van der Waals surface area contributed by atoms with Crippen molar-refractivity contribution in [2.45, 2.75) is 12.2 Å². The van der Waals surface area contributed by atoms with Gasteiger partial charge in [0.1, 0.15) is 11.8 Å². The van der Waals surface area contributed by atoms with Crippen molar-refractivity contribution >= 4 is 40.4 Å². The Morgan fingerprint density at radius 1 is 1.04 bits per heavy atom. The number of ether oxygens (including phenoxy) is 1. The van der Waals surface area contributed by atoms with Gasteiger partial charge in [0.2, 0.25) is 0 Å². The number of esters is 1. The molecule has 2 aromatic rings. The lowest BCUT2D eigenvalue weighted by Crippen LogP contribution is -2.36. The highest BCUT2D eigenvalue weighted by atomic mass is 35.5. The molecule has 2 aromatic carbocycles. The van der Waals surface area contributed by atoms with Gasteiger partial charge in [0.15, 0.2) is 11.8 Å². The summed E-state index contributed by atoms with van der Waals surface area (Å²) < 4.78 is 5.12. The van der Waals surface area contributed by atoms with Crippen LogP contribution in [0.3, 0.4) is 0 Å². The molecule has 0 radical (unpaired) electrons. The van der Waals surface area contributed by atoms with Crippen molar-refractivity contribution in [3.63, 3.8) is 0 Å². The van der Waals surface area contributed by atoms with Crippen LogP contribution in [0, 0.1) is 0 Å². The van der Waals surface area contributed by atoms with Crippen molar-refractivity contribution in [3.8, 4) is 0 Å². The molecular formula is C18H17ClN4O4. The molecule has 2 unspecified atom stereocenters. The lowest BCUT2D eigenvalue weighted by molar-refractivity contribution is -0.140. The maximum atomic E-state index is 12.2. The zero-order chi connectivity index (χ0) is 19.2. The van der Waals surface area contributed by atoms with Crippen LogP contribution in [0.15, 0.2) is 64.8 Å². The summed E-state index contributed by atoms with van der Waals surface area (Å²) in [4.78, 5) is 12.2. The highest BCUT2D eigenvalue weighted by Crippen LogP contribution is 2.17. The number of aliphatic hydroxyl groups excluding tert-OH is 2. The van der Waals surface area contributed by atoms with Crippen LogP contribution >= 0.6 is 11.6 Å². The number of carbonyl (C=O) groups excluding carboxylic acids is 1. The second-order valence-corrected chi connectivity index (χ2v) is 6.07. The second kappa shape index (κ2) is 8.63. The topological polar surface area (TPSA) is 116 Å². The molecule has 0 spiro atoms. The number of para-hydroxylation sites is 1. The summed E-state index contributed by atoms with van der Waals surface area (Å²) in [5.74, 6) is -0.757. The van der Waals surface area contributed by atoms with Gasteiger partial charge in [0, 0.05) is 5.02 Å². The Kier molecular flexibility index (Phi) is 6.02. The molecule has 9 heteroatoms. The lowest BCUT2D eigenvalue weighted by atomic mass is 10.1. The molecule has 140 valence electrons. The van der Waals surface area contributed by atoms with E-state index in [1.54, 1.807) is 36.4 Å². The highest BCUT2D eigenvalue weighted by Gasteiger charge is 2.42. The minimum Gasteiger partial charge on any atom is -0.448 e. The predicted octanol–water partition coefficient (Wildman–Crippen LogP) is 1.85. The molecule has 1 fully saturated rings. The highest BCUT2D eigenvalue weighted by molar-refractivity contribution is 6.69. The van der Waals surface area contributed by atoms with Gasteiger partial charge in [0.05, 0.1) is 18.0 Å². The van der Waals surface area contributed by atoms with E-state index in [0.29, 0.717) is 16.4 Å². The Morgan fingerprint density at radius 2 is 1.67 bits per heavy atom. The molecule has 0 aromatic heterocycles. The molecule has 0 bridgehead atoms. The minimum absolute atomic E-state index is 0.0694. The van der Waals surface area contributed by atoms with Gasteiger partial charge < -0.3 is 14.9 Å². The van der Waals surface area contributed by atoms with E-state index in [2.05, 4.69) is 21.1 Å². The maximum absolute atomic E-state index is 12.2. The van der Waals surface area contributed by atoms with Gasteiger partial charge in [-0.05, 0) is 36.4 Å². The number of anilines is 2. The fourth-order valence-corrected chi connectivity index (χ4v) is 2.45. The average Bonchev–Trinajstić information content (AvgIpc) is 3.01. The first-order valence-corrected chi connectivity index (χ1v) is 8.44. The number of benzene rings is 2. The molecule has 0 aliphatic carbocycles. The summed E-state index contributed by atoms with van der Waals surface area (Å²) in [5, 5.41) is 28.0. The number of nitrogens with zero attached hydrogens (tertiary/aromatic N) is 2. The third kappa shape index (κ3) is 4.62. The van der Waals surface area contributed by atoms with Crippen LogP contribution in [0.1, 0.15) is 0 Å². The summed E-state index contributed by atoms with van der Waals surface area (Å²) in [7, 11) is 0. The van der Waals surface area contributed by atoms with Gasteiger partial charge in [-0.15, -0.1) is 0 Å². The predicted molar refractivity (Wildman–Crippen MR) is 103 cm³/mol. The van der Waals surface area contributed by atoms with Crippen molar-refractivity contribution in [1.82, 2.24) is 0 Å². The zero-order valence-corrected chi connectivity index (χ0v) is 14.8. The molecule has 1 heterocycles. The molecule has 0 amide bonds. The van der Waals surface area contributed by atoms with Crippen molar-refractivity contribution < 1.29 is 19.7 Å². The van der Waals surface area contributed by atoms with Gasteiger partial charge in [-0.2, -0.15) is 10.2 Å². The fraction of sp³-hybridized carbons (Fsp3) is 0.167. The number of hydrogen-bond acceptors (Lipinski definition) is 8.